The summed E-state index contributed by atoms with van der Waals surface area (Å²) in [6, 6.07) is 1.95. The lowest BCUT2D eigenvalue weighted by atomic mass is 9.99. The van der Waals surface area contributed by atoms with E-state index in [1.165, 1.54) is 30.6 Å². The molecular formula is C22H33N5O2S. The Morgan fingerprint density at radius 1 is 1.20 bits per heavy atom. The fraction of sp³-hybridized carbons (Fsp3) is 0.636. The van der Waals surface area contributed by atoms with E-state index >= 15 is 0 Å². The number of aromatic nitrogens is 4. The Bertz CT molecular complexity index is 1040. The van der Waals surface area contributed by atoms with Crippen molar-refractivity contribution in [1.82, 2.24) is 24.5 Å². The van der Waals surface area contributed by atoms with Crippen LogP contribution in [0.25, 0.3) is 16.0 Å². The van der Waals surface area contributed by atoms with E-state index in [0.717, 1.165) is 35.4 Å². The fourth-order valence-electron chi connectivity index (χ4n) is 3.86. The third kappa shape index (κ3) is 4.91. The monoisotopic (exact) mass is 431 g/mol. The first-order valence-electron chi connectivity index (χ1n) is 11.2. The number of unbranched alkanes of at least 4 members (excludes halogenated alkanes) is 1. The van der Waals surface area contributed by atoms with E-state index in [2.05, 4.69) is 29.4 Å². The first-order chi connectivity index (χ1) is 14.6. The zero-order chi connectivity index (χ0) is 21.5. The lowest BCUT2D eigenvalue weighted by Gasteiger charge is -2.15. The van der Waals surface area contributed by atoms with E-state index in [4.69, 9.17) is 0 Å². The number of carbonyl (C=O) groups is 1. The van der Waals surface area contributed by atoms with Crippen LogP contribution in [0.3, 0.4) is 0 Å². The number of nitrogens with zero attached hydrogens (tertiary/aromatic N) is 4. The molecule has 3 rings (SSSR count). The first kappa shape index (κ1) is 22.5. The molecule has 8 heteroatoms. The Morgan fingerprint density at radius 2 is 2.03 bits per heavy atom. The Labute approximate surface area is 181 Å². The van der Waals surface area contributed by atoms with Crippen LogP contribution in [0, 0.1) is 5.92 Å². The van der Waals surface area contributed by atoms with E-state index in [1.54, 1.807) is 4.57 Å². The number of rotatable bonds is 12. The summed E-state index contributed by atoms with van der Waals surface area (Å²) in [5.41, 5.74) is 0.861. The average Bonchev–Trinajstić information content (AvgIpc) is 3.38. The molecule has 164 valence electrons. The lowest BCUT2D eigenvalue weighted by Crippen LogP contribution is -2.29. The maximum atomic E-state index is 12.8. The van der Waals surface area contributed by atoms with E-state index in [1.807, 2.05) is 22.8 Å². The normalized spacial score (nSPS) is 12.6. The molecule has 0 fully saturated rings. The molecule has 0 saturated carbocycles. The SMILES string of the molecule is CCCC[C@@H](CC)CNC(=O)CCCc1nnc2n(CCC)c(=O)c3sccc3n12. The van der Waals surface area contributed by atoms with Crippen LogP contribution in [0.2, 0.25) is 0 Å². The summed E-state index contributed by atoms with van der Waals surface area (Å²) >= 11 is 1.45. The number of carbonyl (C=O) groups excluding carboxylic acids is 1. The number of nitrogens with one attached hydrogen (secondary N) is 1. The second-order valence-electron chi connectivity index (χ2n) is 7.92. The average molecular weight is 432 g/mol. The molecule has 3 aromatic heterocycles. The predicted octanol–water partition coefficient (Wildman–Crippen LogP) is 4.17. The molecule has 3 heterocycles. The van der Waals surface area contributed by atoms with Crippen molar-refractivity contribution in [2.45, 2.75) is 78.7 Å². The number of hydrogen-bond acceptors (Lipinski definition) is 5. The molecule has 0 aromatic carbocycles. The van der Waals surface area contributed by atoms with Crippen molar-refractivity contribution >= 4 is 33.2 Å². The molecule has 1 atom stereocenters. The third-order valence-electron chi connectivity index (χ3n) is 5.66. The summed E-state index contributed by atoms with van der Waals surface area (Å²) in [6.07, 6.45) is 7.37. The van der Waals surface area contributed by atoms with E-state index in [0.29, 0.717) is 37.5 Å². The second-order valence-corrected chi connectivity index (χ2v) is 8.83. The summed E-state index contributed by atoms with van der Waals surface area (Å²) in [4.78, 5) is 25.0. The lowest BCUT2D eigenvalue weighted by molar-refractivity contribution is -0.121. The number of amides is 1. The van der Waals surface area contributed by atoms with Gasteiger partial charge in [0.1, 0.15) is 10.5 Å². The van der Waals surface area contributed by atoms with E-state index in [9.17, 15) is 9.59 Å². The highest BCUT2D eigenvalue weighted by molar-refractivity contribution is 7.17. The number of thiophene rings is 1. The van der Waals surface area contributed by atoms with E-state index < -0.39 is 0 Å². The molecule has 0 radical (unpaired) electrons. The zero-order valence-electron chi connectivity index (χ0n) is 18.3. The highest BCUT2D eigenvalue weighted by Gasteiger charge is 2.17. The van der Waals surface area contributed by atoms with E-state index in [-0.39, 0.29) is 11.5 Å². The van der Waals surface area contributed by atoms with Gasteiger partial charge in [-0.15, -0.1) is 21.5 Å². The largest absolute Gasteiger partial charge is 0.356 e. The number of hydrogen-bond donors (Lipinski definition) is 1. The van der Waals surface area contributed by atoms with Gasteiger partial charge in [-0.25, -0.2) is 0 Å². The molecule has 0 aliphatic rings. The number of fused-ring (bicyclic) bond motifs is 3. The number of aryl methyl sites for hydroxylation is 2. The smallest absolute Gasteiger partial charge is 0.272 e. The highest BCUT2D eigenvalue weighted by atomic mass is 32.1. The van der Waals surface area contributed by atoms with Gasteiger partial charge in [-0.05, 0) is 36.6 Å². The van der Waals surface area contributed by atoms with Gasteiger partial charge in [0.15, 0.2) is 0 Å². The molecule has 0 bridgehead atoms. The standard InChI is InChI=1S/C22H33N5O2S/c1-4-7-9-16(6-3)15-23-19(28)11-8-10-18-24-25-22-26(13-5-2)21(29)20-17(27(18)22)12-14-30-20/h12,14,16H,4-11,13,15H2,1-3H3,(H,23,28)/t16-/m1/s1. The molecule has 0 spiro atoms. The molecule has 7 nitrogen and oxygen atoms in total. The van der Waals surface area contributed by atoms with Crippen molar-refractivity contribution < 1.29 is 4.79 Å². The minimum Gasteiger partial charge on any atom is -0.356 e. The molecule has 30 heavy (non-hydrogen) atoms. The van der Waals surface area contributed by atoms with Crippen LogP contribution in [0.15, 0.2) is 16.2 Å². The van der Waals surface area contributed by atoms with Gasteiger partial charge in [0.05, 0.1) is 5.52 Å². The predicted molar refractivity (Wildman–Crippen MR) is 122 cm³/mol. The second kappa shape index (κ2) is 10.7. The maximum absolute atomic E-state index is 12.8. The van der Waals surface area contributed by atoms with Crippen LogP contribution < -0.4 is 10.9 Å². The van der Waals surface area contributed by atoms with Gasteiger partial charge in [-0.2, -0.15) is 0 Å². The highest BCUT2D eigenvalue weighted by Crippen LogP contribution is 2.20. The Balaban J connectivity index is 1.66. The van der Waals surface area contributed by atoms with Gasteiger partial charge in [0, 0.05) is 25.9 Å². The Morgan fingerprint density at radius 3 is 2.77 bits per heavy atom. The van der Waals surface area contributed by atoms with Crippen LogP contribution in [-0.4, -0.2) is 31.6 Å². The molecule has 1 amide bonds. The molecule has 0 saturated heterocycles. The minimum absolute atomic E-state index is 0.00114. The van der Waals surface area contributed by atoms with Gasteiger partial charge in [-0.1, -0.05) is 40.0 Å². The van der Waals surface area contributed by atoms with Crippen LogP contribution in [0.1, 0.15) is 71.5 Å². The topological polar surface area (TPSA) is 81.3 Å². The molecule has 0 unspecified atom stereocenters. The van der Waals surface area contributed by atoms with Crippen LogP contribution in [0.5, 0.6) is 0 Å². The Kier molecular flexibility index (Phi) is 8.01. The third-order valence-corrected chi connectivity index (χ3v) is 6.55. The van der Waals surface area contributed by atoms with Gasteiger partial charge < -0.3 is 5.32 Å². The van der Waals surface area contributed by atoms with Gasteiger partial charge in [0.2, 0.25) is 11.7 Å². The maximum Gasteiger partial charge on any atom is 0.272 e. The van der Waals surface area contributed by atoms with Crippen LogP contribution in [0.4, 0.5) is 0 Å². The molecule has 0 aliphatic heterocycles. The zero-order valence-corrected chi connectivity index (χ0v) is 19.1. The van der Waals surface area contributed by atoms with Crippen molar-refractivity contribution in [3.63, 3.8) is 0 Å². The van der Waals surface area contributed by atoms with Gasteiger partial charge >= 0.3 is 0 Å². The molecule has 3 aromatic rings. The Hall–Kier alpha value is -2.22. The summed E-state index contributed by atoms with van der Waals surface area (Å²) in [6.45, 7) is 7.81. The van der Waals surface area contributed by atoms with Crippen molar-refractivity contribution in [3.8, 4) is 0 Å². The minimum atomic E-state index is 0.00114. The van der Waals surface area contributed by atoms with Crippen LogP contribution in [-0.2, 0) is 17.8 Å². The van der Waals surface area contributed by atoms with Crippen LogP contribution >= 0.6 is 11.3 Å². The summed E-state index contributed by atoms with van der Waals surface area (Å²) in [5.74, 6) is 2.06. The summed E-state index contributed by atoms with van der Waals surface area (Å²) in [7, 11) is 0. The summed E-state index contributed by atoms with van der Waals surface area (Å²) < 4.78 is 4.43. The molecule has 1 N–H and O–H groups in total. The van der Waals surface area contributed by atoms with Crippen molar-refractivity contribution in [1.29, 1.82) is 0 Å². The fourth-order valence-corrected chi connectivity index (χ4v) is 4.69. The quantitative estimate of drug-likeness (QED) is 0.467. The van der Waals surface area contributed by atoms with Gasteiger partial charge in [-0.3, -0.25) is 18.6 Å². The van der Waals surface area contributed by atoms with Crippen molar-refractivity contribution in [3.05, 3.63) is 27.6 Å². The van der Waals surface area contributed by atoms with Crippen molar-refractivity contribution in [2.24, 2.45) is 5.92 Å². The molecular weight excluding hydrogens is 398 g/mol. The molecule has 0 aliphatic carbocycles. The van der Waals surface area contributed by atoms with Gasteiger partial charge in [0.25, 0.3) is 5.56 Å². The van der Waals surface area contributed by atoms with Crippen molar-refractivity contribution in [2.75, 3.05) is 6.54 Å². The summed E-state index contributed by atoms with van der Waals surface area (Å²) in [5, 5.41) is 13.7. The first-order valence-corrected chi connectivity index (χ1v) is 12.1.